The number of halogens is 3. The molecule has 21 heavy (non-hydrogen) atoms. The van der Waals surface area contributed by atoms with Crippen LogP contribution in [-0.2, 0) is 13.1 Å². The second-order valence-corrected chi connectivity index (χ2v) is 4.50. The van der Waals surface area contributed by atoms with Crippen molar-refractivity contribution < 1.29 is 17.9 Å². The van der Waals surface area contributed by atoms with Crippen molar-refractivity contribution >= 4 is 5.69 Å². The Hall–Kier alpha value is -2.18. The quantitative estimate of drug-likeness (QED) is 0.881. The van der Waals surface area contributed by atoms with Gasteiger partial charge < -0.3 is 14.6 Å². The van der Waals surface area contributed by atoms with Crippen LogP contribution >= 0.6 is 0 Å². The van der Waals surface area contributed by atoms with Crippen molar-refractivity contribution in [3.63, 3.8) is 0 Å². The highest BCUT2D eigenvalue weighted by molar-refractivity contribution is 5.46. The summed E-state index contributed by atoms with van der Waals surface area (Å²) >= 11 is 0. The largest absolute Gasteiger partial charge is 0.573 e. The molecule has 0 saturated carbocycles. The Morgan fingerprint density at radius 2 is 1.95 bits per heavy atom. The molecule has 1 N–H and O–H groups in total. The van der Waals surface area contributed by atoms with E-state index in [9.17, 15) is 13.2 Å². The predicted molar refractivity (Wildman–Crippen MR) is 73.0 cm³/mol. The van der Waals surface area contributed by atoms with Gasteiger partial charge in [0.15, 0.2) is 0 Å². The molecule has 1 aromatic heterocycles. The van der Waals surface area contributed by atoms with Crippen LogP contribution in [0.25, 0.3) is 0 Å². The molecular weight excluding hydrogens is 283 g/mol. The number of alkyl halides is 3. The number of rotatable bonds is 6. The van der Waals surface area contributed by atoms with Crippen LogP contribution in [0.2, 0.25) is 0 Å². The van der Waals surface area contributed by atoms with Crippen LogP contribution < -0.4 is 10.1 Å². The molecule has 2 aromatic rings. The van der Waals surface area contributed by atoms with Crippen molar-refractivity contribution in [1.82, 2.24) is 9.55 Å². The van der Waals surface area contributed by atoms with Crippen LogP contribution in [-0.4, -0.2) is 15.9 Å². The number of nitrogens with zero attached hydrogens (tertiary/aromatic N) is 2. The Balaban J connectivity index is 1.93. The van der Waals surface area contributed by atoms with Gasteiger partial charge in [-0.1, -0.05) is 6.92 Å². The molecule has 114 valence electrons. The summed E-state index contributed by atoms with van der Waals surface area (Å²) in [6.45, 7) is 3.52. The molecule has 4 nitrogen and oxygen atoms in total. The maximum Gasteiger partial charge on any atom is 0.573 e. The summed E-state index contributed by atoms with van der Waals surface area (Å²) in [7, 11) is 0. The number of hydrogen-bond donors (Lipinski definition) is 1. The van der Waals surface area contributed by atoms with E-state index in [2.05, 4.69) is 22.0 Å². The van der Waals surface area contributed by atoms with Crippen LogP contribution in [0, 0.1) is 0 Å². The van der Waals surface area contributed by atoms with Gasteiger partial charge in [-0.15, -0.1) is 13.2 Å². The van der Waals surface area contributed by atoms with Crippen molar-refractivity contribution in [3.8, 4) is 5.75 Å². The zero-order valence-electron chi connectivity index (χ0n) is 11.5. The van der Waals surface area contributed by atoms with E-state index < -0.39 is 6.36 Å². The fourth-order valence-corrected chi connectivity index (χ4v) is 1.90. The lowest BCUT2D eigenvalue weighted by Crippen LogP contribution is -2.17. The summed E-state index contributed by atoms with van der Waals surface area (Å²) in [4.78, 5) is 4.09. The Bertz CT molecular complexity index is 564. The van der Waals surface area contributed by atoms with E-state index in [-0.39, 0.29) is 5.75 Å². The third-order valence-corrected chi connectivity index (χ3v) is 2.82. The first-order valence-corrected chi connectivity index (χ1v) is 6.56. The average molecular weight is 299 g/mol. The van der Waals surface area contributed by atoms with Gasteiger partial charge in [0, 0.05) is 18.4 Å². The minimum absolute atomic E-state index is 0.232. The molecule has 7 heteroatoms. The molecule has 0 amide bonds. The molecule has 0 aliphatic heterocycles. The van der Waals surface area contributed by atoms with Gasteiger partial charge in [0.1, 0.15) is 5.75 Å². The summed E-state index contributed by atoms with van der Waals surface area (Å²) < 4.78 is 42.0. The topological polar surface area (TPSA) is 39.1 Å². The molecular formula is C14H16F3N3O. The lowest BCUT2D eigenvalue weighted by atomic mass is 10.3. The van der Waals surface area contributed by atoms with Crippen molar-refractivity contribution in [2.75, 3.05) is 5.32 Å². The van der Waals surface area contributed by atoms with Gasteiger partial charge in [-0.05, 0) is 30.7 Å². The highest BCUT2D eigenvalue weighted by Gasteiger charge is 2.30. The standard InChI is InChI=1S/C14H16F3N3O/c1-2-7-20-10-18-8-12(20)9-19-11-3-5-13(6-4-11)21-14(15,16)17/h3-6,8,10,19H,2,7,9H2,1H3. The van der Waals surface area contributed by atoms with Crippen LogP contribution in [0.5, 0.6) is 5.75 Å². The molecule has 0 aliphatic rings. The molecule has 0 saturated heterocycles. The van der Waals surface area contributed by atoms with Crippen LogP contribution in [0.3, 0.4) is 0 Å². The van der Waals surface area contributed by atoms with Crippen molar-refractivity contribution in [2.45, 2.75) is 32.8 Å². The summed E-state index contributed by atoms with van der Waals surface area (Å²) in [6.07, 6.45) is -0.126. The number of ether oxygens (including phenoxy) is 1. The van der Waals surface area contributed by atoms with E-state index in [1.807, 2.05) is 4.57 Å². The molecule has 0 unspecified atom stereocenters. The number of imidazole rings is 1. The van der Waals surface area contributed by atoms with Gasteiger partial charge in [0.2, 0.25) is 0 Å². The first-order valence-electron chi connectivity index (χ1n) is 6.56. The third-order valence-electron chi connectivity index (χ3n) is 2.82. The van der Waals surface area contributed by atoms with E-state index in [1.54, 1.807) is 24.7 Å². The Labute approximate surface area is 120 Å². The summed E-state index contributed by atoms with van der Waals surface area (Å²) in [5.41, 5.74) is 1.74. The zero-order chi connectivity index (χ0) is 15.3. The minimum Gasteiger partial charge on any atom is -0.406 e. The van der Waals surface area contributed by atoms with Gasteiger partial charge in [0.25, 0.3) is 0 Å². The molecule has 2 rings (SSSR count). The van der Waals surface area contributed by atoms with Crippen molar-refractivity contribution in [1.29, 1.82) is 0 Å². The molecule has 1 heterocycles. The lowest BCUT2D eigenvalue weighted by molar-refractivity contribution is -0.274. The maximum absolute atomic E-state index is 12.0. The minimum atomic E-state index is -4.67. The van der Waals surface area contributed by atoms with E-state index in [0.717, 1.165) is 18.7 Å². The first-order chi connectivity index (χ1) is 9.98. The van der Waals surface area contributed by atoms with Crippen LogP contribution in [0.4, 0.5) is 18.9 Å². The van der Waals surface area contributed by atoms with Gasteiger partial charge >= 0.3 is 6.36 Å². The molecule has 0 aliphatic carbocycles. The van der Waals surface area contributed by atoms with Crippen molar-refractivity contribution in [2.24, 2.45) is 0 Å². The van der Waals surface area contributed by atoms with Gasteiger partial charge in [0.05, 0.1) is 18.6 Å². The van der Waals surface area contributed by atoms with Gasteiger partial charge in [-0.3, -0.25) is 0 Å². The second-order valence-electron chi connectivity index (χ2n) is 4.50. The Kier molecular flexibility index (Phi) is 4.72. The average Bonchev–Trinajstić information content (AvgIpc) is 2.84. The SMILES string of the molecule is CCCn1cncc1CNc1ccc(OC(F)(F)F)cc1. The van der Waals surface area contributed by atoms with E-state index in [0.29, 0.717) is 12.2 Å². The highest BCUT2D eigenvalue weighted by Crippen LogP contribution is 2.24. The molecule has 0 fully saturated rings. The van der Waals surface area contributed by atoms with Crippen molar-refractivity contribution in [3.05, 3.63) is 42.5 Å². The number of anilines is 1. The van der Waals surface area contributed by atoms with Gasteiger partial charge in [-0.2, -0.15) is 0 Å². The zero-order valence-corrected chi connectivity index (χ0v) is 11.5. The molecule has 0 radical (unpaired) electrons. The van der Waals surface area contributed by atoms with E-state index in [4.69, 9.17) is 0 Å². The fraction of sp³-hybridized carbons (Fsp3) is 0.357. The number of aromatic nitrogens is 2. The highest BCUT2D eigenvalue weighted by atomic mass is 19.4. The monoisotopic (exact) mass is 299 g/mol. The smallest absolute Gasteiger partial charge is 0.406 e. The number of nitrogens with one attached hydrogen (secondary N) is 1. The molecule has 1 aromatic carbocycles. The number of benzene rings is 1. The Morgan fingerprint density at radius 1 is 1.24 bits per heavy atom. The summed E-state index contributed by atoms with van der Waals surface area (Å²) in [6, 6.07) is 5.64. The van der Waals surface area contributed by atoms with E-state index >= 15 is 0 Å². The first kappa shape index (κ1) is 15.2. The second kappa shape index (κ2) is 6.51. The predicted octanol–water partition coefficient (Wildman–Crippen LogP) is 3.80. The lowest BCUT2D eigenvalue weighted by Gasteiger charge is -2.11. The summed E-state index contributed by atoms with van der Waals surface area (Å²) in [5, 5.41) is 3.14. The summed E-state index contributed by atoms with van der Waals surface area (Å²) in [5.74, 6) is -0.232. The van der Waals surface area contributed by atoms with Crippen LogP contribution in [0.15, 0.2) is 36.8 Å². The third kappa shape index (κ3) is 4.70. The van der Waals surface area contributed by atoms with E-state index in [1.165, 1.54) is 12.1 Å². The normalized spacial score (nSPS) is 11.4. The fourth-order valence-electron chi connectivity index (χ4n) is 1.90. The number of aryl methyl sites for hydroxylation is 1. The van der Waals surface area contributed by atoms with Gasteiger partial charge in [-0.25, -0.2) is 4.98 Å². The molecule has 0 spiro atoms. The molecule has 0 atom stereocenters. The Morgan fingerprint density at radius 3 is 2.57 bits per heavy atom. The molecule has 0 bridgehead atoms. The maximum atomic E-state index is 12.0. The number of hydrogen-bond acceptors (Lipinski definition) is 3. The van der Waals surface area contributed by atoms with Crippen LogP contribution in [0.1, 0.15) is 19.0 Å².